The van der Waals surface area contributed by atoms with E-state index >= 15 is 0 Å². The monoisotopic (exact) mass is 268 g/mol. The van der Waals surface area contributed by atoms with Crippen LogP contribution in [-0.2, 0) is 9.59 Å². The van der Waals surface area contributed by atoms with E-state index in [9.17, 15) is 9.59 Å². The van der Waals surface area contributed by atoms with E-state index in [0.717, 1.165) is 39.0 Å². The molecule has 0 aromatic carbocycles. The lowest BCUT2D eigenvalue weighted by Gasteiger charge is -2.26. The summed E-state index contributed by atoms with van der Waals surface area (Å²) >= 11 is 0. The SMILES string of the molecule is CC1NCCC1C(=O)N1CCCN(CC(N)=O)CC1. The number of nitrogens with one attached hydrogen (secondary N) is 1. The van der Waals surface area contributed by atoms with Gasteiger partial charge in [-0.1, -0.05) is 0 Å². The van der Waals surface area contributed by atoms with Gasteiger partial charge < -0.3 is 16.0 Å². The Morgan fingerprint density at radius 2 is 2.05 bits per heavy atom. The smallest absolute Gasteiger partial charge is 0.231 e. The molecule has 2 unspecified atom stereocenters. The first-order chi connectivity index (χ1) is 9.08. The topological polar surface area (TPSA) is 78.7 Å². The number of nitrogens with zero attached hydrogens (tertiary/aromatic N) is 2. The van der Waals surface area contributed by atoms with Gasteiger partial charge in [-0.2, -0.15) is 0 Å². The zero-order valence-electron chi connectivity index (χ0n) is 11.6. The fourth-order valence-corrected chi connectivity index (χ4v) is 3.00. The number of nitrogens with two attached hydrogens (primary N) is 1. The molecule has 2 fully saturated rings. The van der Waals surface area contributed by atoms with Crippen molar-refractivity contribution in [3.63, 3.8) is 0 Å². The molecule has 2 saturated heterocycles. The molecule has 0 aliphatic carbocycles. The number of carbonyl (C=O) groups excluding carboxylic acids is 2. The Bertz CT molecular complexity index is 348. The Morgan fingerprint density at radius 1 is 1.26 bits per heavy atom. The standard InChI is InChI=1S/C13H24N4O2/c1-10-11(3-4-15-10)13(19)17-6-2-5-16(7-8-17)9-12(14)18/h10-11,15H,2-9H2,1H3,(H2,14,18). The molecule has 2 heterocycles. The predicted molar refractivity (Wildman–Crippen MR) is 72.4 cm³/mol. The highest BCUT2D eigenvalue weighted by Gasteiger charge is 2.33. The van der Waals surface area contributed by atoms with Crippen molar-refractivity contribution >= 4 is 11.8 Å². The van der Waals surface area contributed by atoms with E-state index in [1.807, 2.05) is 9.80 Å². The molecule has 19 heavy (non-hydrogen) atoms. The van der Waals surface area contributed by atoms with Gasteiger partial charge in [0, 0.05) is 32.2 Å². The highest BCUT2D eigenvalue weighted by Crippen LogP contribution is 2.19. The molecule has 0 saturated carbocycles. The Labute approximate surface area is 114 Å². The first-order valence-corrected chi connectivity index (χ1v) is 7.11. The summed E-state index contributed by atoms with van der Waals surface area (Å²) in [5.74, 6) is 0.0782. The van der Waals surface area contributed by atoms with Gasteiger partial charge in [-0.3, -0.25) is 14.5 Å². The highest BCUT2D eigenvalue weighted by molar-refractivity contribution is 5.80. The van der Waals surface area contributed by atoms with Crippen molar-refractivity contribution in [1.29, 1.82) is 0 Å². The van der Waals surface area contributed by atoms with E-state index in [1.54, 1.807) is 0 Å². The summed E-state index contributed by atoms with van der Waals surface area (Å²) in [7, 11) is 0. The third-order valence-corrected chi connectivity index (χ3v) is 4.12. The molecule has 0 aromatic rings. The largest absolute Gasteiger partial charge is 0.369 e. The number of carbonyl (C=O) groups is 2. The number of primary amides is 1. The zero-order chi connectivity index (χ0) is 13.8. The molecule has 2 aliphatic heterocycles. The van der Waals surface area contributed by atoms with Gasteiger partial charge in [0.1, 0.15) is 0 Å². The molecule has 0 radical (unpaired) electrons. The lowest BCUT2D eigenvalue weighted by atomic mass is 10.0. The van der Waals surface area contributed by atoms with Crippen molar-refractivity contribution in [3.05, 3.63) is 0 Å². The van der Waals surface area contributed by atoms with E-state index in [4.69, 9.17) is 5.73 Å². The summed E-state index contributed by atoms with van der Waals surface area (Å²) in [4.78, 5) is 27.4. The van der Waals surface area contributed by atoms with Crippen LogP contribution in [-0.4, -0.2) is 66.9 Å². The third kappa shape index (κ3) is 3.67. The van der Waals surface area contributed by atoms with Crippen molar-refractivity contribution in [1.82, 2.24) is 15.1 Å². The van der Waals surface area contributed by atoms with Crippen molar-refractivity contribution in [2.24, 2.45) is 11.7 Å². The summed E-state index contributed by atoms with van der Waals surface area (Å²) < 4.78 is 0. The van der Waals surface area contributed by atoms with Crippen LogP contribution in [0.3, 0.4) is 0 Å². The first-order valence-electron chi connectivity index (χ1n) is 7.11. The molecule has 6 nitrogen and oxygen atoms in total. The maximum absolute atomic E-state index is 12.5. The van der Waals surface area contributed by atoms with Crippen LogP contribution in [0.4, 0.5) is 0 Å². The third-order valence-electron chi connectivity index (χ3n) is 4.12. The molecule has 2 aliphatic rings. The summed E-state index contributed by atoms with van der Waals surface area (Å²) in [6.07, 6.45) is 1.84. The summed E-state index contributed by atoms with van der Waals surface area (Å²) in [6, 6.07) is 0.275. The van der Waals surface area contributed by atoms with Gasteiger partial charge in [0.05, 0.1) is 12.5 Å². The van der Waals surface area contributed by atoms with Gasteiger partial charge >= 0.3 is 0 Å². The van der Waals surface area contributed by atoms with Gasteiger partial charge in [0.25, 0.3) is 0 Å². The van der Waals surface area contributed by atoms with Crippen molar-refractivity contribution in [3.8, 4) is 0 Å². The molecule has 0 aromatic heterocycles. The normalized spacial score (nSPS) is 29.2. The Kier molecular flexibility index (Phi) is 4.76. The zero-order valence-corrected chi connectivity index (χ0v) is 11.6. The molecule has 2 rings (SSSR count). The van der Waals surface area contributed by atoms with E-state index in [-0.39, 0.29) is 23.8 Å². The second kappa shape index (κ2) is 6.34. The Balaban J connectivity index is 1.88. The van der Waals surface area contributed by atoms with E-state index in [1.165, 1.54) is 0 Å². The number of hydrogen-bond donors (Lipinski definition) is 2. The van der Waals surface area contributed by atoms with Gasteiger partial charge in [0.2, 0.25) is 11.8 Å². The molecule has 2 amide bonds. The van der Waals surface area contributed by atoms with Crippen LogP contribution in [0.25, 0.3) is 0 Å². The molecule has 108 valence electrons. The molecular formula is C13H24N4O2. The van der Waals surface area contributed by atoms with Crippen molar-refractivity contribution in [2.75, 3.05) is 39.3 Å². The quantitative estimate of drug-likeness (QED) is 0.688. The fraction of sp³-hybridized carbons (Fsp3) is 0.846. The van der Waals surface area contributed by atoms with Gasteiger partial charge in [-0.15, -0.1) is 0 Å². The summed E-state index contributed by atoms with van der Waals surface area (Å²) in [6.45, 7) is 6.37. The van der Waals surface area contributed by atoms with Crippen LogP contribution < -0.4 is 11.1 Å². The Hall–Kier alpha value is -1.14. The number of rotatable bonds is 3. The van der Waals surface area contributed by atoms with Crippen LogP contribution >= 0.6 is 0 Å². The molecule has 2 atom stereocenters. The van der Waals surface area contributed by atoms with Gasteiger partial charge in [0.15, 0.2) is 0 Å². The van der Waals surface area contributed by atoms with Crippen LogP contribution in [0, 0.1) is 5.92 Å². The lowest BCUT2D eigenvalue weighted by molar-refractivity contribution is -0.135. The predicted octanol–water partition coefficient (Wildman–Crippen LogP) is -0.996. The van der Waals surface area contributed by atoms with Crippen LogP contribution in [0.1, 0.15) is 19.8 Å². The van der Waals surface area contributed by atoms with Crippen LogP contribution in [0.2, 0.25) is 0 Å². The fourth-order valence-electron chi connectivity index (χ4n) is 3.00. The Morgan fingerprint density at radius 3 is 2.68 bits per heavy atom. The molecule has 0 spiro atoms. The summed E-state index contributed by atoms with van der Waals surface area (Å²) in [5, 5.41) is 3.32. The number of hydrogen-bond acceptors (Lipinski definition) is 4. The highest BCUT2D eigenvalue weighted by atomic mass is 16.2. The van der Waals surface area contributed by atoms with E-state index < -0.39 is 0 Å². The van der Waals surface area contributed by atoms with Gasteiger partial charge in [-0.05, 0) is 26.3 Å². The molecule has 0 bridgehead atoms. The average molecular weight is 268 g/mol. The second-order valence-electron chi connectivity index (χ2n) is 5.56. The minimum absolute atomic E-state index is 0.114. The lowest BCUT2D eigenvalue weighted by Crippen LogP contribution is -2.42. The van der Waals surface area contributed by atoms with E-state index in [2.05, 4.69) is 12.2 Å². The maximum atomic E-state index is 12.5. The van der Waals surface area contributed by atoms with Crippen molar-refractivity contribution < 1.29 is 9.59 Å². The minimum Gasteiger partial charge on any atom is -0.369 e. The average Bonchev–Trinajstić information content (AvgIpc) is 2.64. The first kappa shape index (κ1) is 14.3. The van der Waals surface area contributed by atoms with Crippen LogP contribution in [0.5, 0.6) is 0 Å². The molecular weight excluding hydrogens is 244 g/mol. The maximum Gasteiger partial charge on any atom is 0.231 e. The second-order valence-corrected chi connectivity index (χ2v) is 5.56. The number of amides is 2. The van der Waals surface area contributed by atoms with Gasteiger partial charge in [-0.25, -0.2) is 0 Å². The minimum atomic E-state index is -0.298. The van der Waals surface area contributed by atoms with Crippen molar-refractivity contribution in [2.45, 2.75) is 25.8 Å². The van der Waals surface area contributed by atoms with Crippen LogP contribution in [0.15, 0.2) is 0 Å². The van der Waals surface area contributed by atoms with E-state index in [0.29, 0.717) is 13.1 Å². The molecule has 3 N–H and O–H groups in total. The molecule has 6 heteroatoms. The summed E-state index contributed by atoms with van der Waals surface area (Å²) in [5.41, 5.74) is 5.22.